The number of anilines is 1. The molecule has 28 heavy (non-hydrogen) atoms. The molecule has 1 fully saturated rings. The molecule has 0 radical (unpaired) electrons. The monoisotopic (exact) mass is 421 g/mol. The van der Waals surface area contributed by atoms with Crippen molar-refractivity contribution in [2.45, 2.75) is 32.9 Å². The third kappa shape index (κ3) is 4.80. The number of benzene rings is 1. The minimum absolute atomic E-state index is 0.199. The summed E-state index contributed by atoms with van der Waals surface area (Å²) in [5, 5.41) is 7.60. The van der Waals surface area contributed by atoms with Gasteiger partial charge in [-0.2, -0.15) is 0 Å². The molecule has 1 aliphatic rings. The van der Waals surface area contributed by atoms with Gasteiger partial charge in [-0.25, -0.2) is 4.99 Å². The Balaban J connectivity index is 1.62. The van der Waals surface area contributed by atoms with Crippen molar-refractivity contribution in [2.75, 3.05) is 18.0 Å². The van der Waals surface area contributed by atoms with Crippen molar-refractivity contribution in [2.24, 2.45) is 12.0 Å². The number of carbonyl (C=O) groups is 1. The summed E-state index contributed by atoms with van der Waals surface area (Å²) in [5.74, 6) is 0.917. The molecule has 0 bridgehead atoms. The van der Waals surface area contributed by atoms with Gasteiger partial charge in [0.15, 0.2) is 5.96 Å². The molecule has 1 aliphatic heterocycles. The highest BCUT2D eigenvalue weighted by molar-refractivity contribution is 6.41. The van der Waals surface area contributed by atoms with E-state index in [0.717, 1.165) is 42.4 Å². The highest BCUT2D eigenvalue weighted by atomic mass is 35.5. The molecule has 2 N–H and O–H groups in total. The predicted molar refractivity (Wildman–Crippen MR) is 115 cm³/mol. The molecule has 0 aliphatic carbocycles. The Morgan fingerprint density at radius 1 is 1.21 bits per heavy atom. The minimum atomic E-state index is 0.199. The van der Waals surface area contributed by atoms with E-state index in [1.807, 2.05) is 53.8 Å². The van der Waals surface area contributed by atoms with Gasteiger partial charge < -0.3 is 20.1 Å². The Bertz CT molecular complexity index is 860. The molecule has 0 saturated carbocycles. The molecule has 1 aromatic carbocycles. The number of halogens is 2. The van der Waals surface area contributed by atoms with E-state index in [9.17, 15) is 4.79 Å². The maximum Gasteiger partial charge on any atom is 0.227 e. The Kier molecular flexibility index (Phi) is 6.86. The van der Waals surface area contributed by atoms with Crippen molar-refractivity contribution < 1.29 is 4.79 Å². The van der Waals surface area contributed by atoms with Crippen LogP contribution in [0.15, 0.2) is 35.3 Å². The lowest BCUT2D eigenvalue weighted by Crippen LogP contribution is -2.37. The highest BCUT2D eigenvalue weighted by Gasteiger charge is 2.21. The van der Waals surface area contributed by atoms with Gasteiger partial charge in [-0.3, -0.25) is 4.79 Å². The van der Waals surface area contributed by atoms with Gasteiger partial charge in [-0.05, 0) is 37.1 Å². The van der Waals surface area contributed by atoms with Crippen LogP contribution in [0.4, 0.5) is 5.69 Å². The fourth-order valence-corrected chi connectivity index (χ4v) is 3.56. The second-order valence-electron chi connectivity index (χ2n) is 6.70. The SMILES string of the molecule is CCNC(=NCc1ccc(N2CCCC2=O)cc1)NCc1cc(Cl)c(Cl)n1C. The van der Waals surface area contributed by atoms with E-state index in [1.54, 1.807) is 0 Å². The van der Waals surface area contributed by atoms with E-state index in [4.69, 9.17) is 23.2 Å². The number of nitrogens with one attached hydrogen (secondary N) is 2. The van der Waals surface area contributed by atoms with Crippen LogP contribution in [0.3, 0.4) is 0 Å². The lowest BCUT2D eigenvalue weighted by molar-refractivity contribution is -0.117. The smallest absolute Gasteiger partial charge is 0.227 e. The number of guanidine groups is 1. The zero-order chi connectivity index (χ0) is 20.1. The molecule has 150 valence electrons. The summed E-state index contributed by atoms with van der Waals surface area (Å²) in [4.78, 5) is 18.3. The van der Waals surface area contributed by atoms with E-state index >= 15 is 0 Å². The lowest BCUT2D eigenvalue weighted by Gasteiger charge is -2.16. The van der Waals surface area contributed by atoms with Crippen LogP contribution in [0.25, 0.3) is 0 Å². The van der Waals surface area contributed by atoms with Crippen molar-refractivity contribution in [3.8, 4) is 0 Å². The largest absolute Gasteiger partial charge is 0.357 e. The van der Waals surface area contributed by atoms with Crippen LogP contribution in [0.5, 0.6) is 0 Å². The molecule has 0 spiro atoms. The Morgan fingerprint density at radius 2 is 1.96 bits per heavy atom. The summed E-state index contributed by atoms with van der Waals surface area (Å²) in [5.41, 5.74) is 3.01. The van der Waals surface area contributed by atoms with Crippen LogP contribution < -0.4 is 15.5 Å². The van der Waals surface area contributed by atoms with Crippen LogP contribution in [0.2, 0.25) is 10.2 Å². The number of aromatic nitrogens is 1. The third-order valence-electron chi connectivity index (χ3n) is 4.74. The summed E-state index contributed by atoms with van der Waals surface area (Å²) in [6.07, 6.45) is 1.57. The Hall–Kier alpha value is -2.18. The molecular formula is C20H25Cl2N5O. The number of carbonyl (C=O) groups excluding carboxylic acids is 1. The normalized spacial score (nSPS) is 14.6. The van der Waals surface area contributed by atoms with Gasteiger partial charge in [0.2, 0.25) is 5.91 Å². The van der Waals surface area contributed by atoms with Gasteiger partial charge in [-0.15, -0.1) is 0 Å². The van der Waals surface area contributed by atoms with Gasteiger partial charge in [-0.1, -0.05) is 35.3 Å². The van der Waals surface area contributed by atoms with Crippen molar-refractivity contribution in [1.29, 1.82) is 0 Å². The summed E-state index contributed by atoms with van der Waals surface area (Å²) < 4.78 is 1.85. The predicted octanol–water partition coefficient (Wildman–Crippen LogP) is 3.71. The zero-order valence-electron chi connectivity index (χ0n) is 16.1. The van der Waals surface area contributed by atoms with E-state index in [2.05, 4.69) is 15.6 Å². The molecule has 2 heterocycles. The van der Waals surface area contributed by atoms with E-state index in [0.29, 0.717) is 29.7 Å². The molecule has 2 aromatic rings. The molecule has 0 atom stereocenters. The van der Waals surface area contributed by atoms with Crippen molar-refractivity contribution in [3.63, 3.8) is 0 Å². The van der Waals surface area contributed by atoms with Crippen LogP contribution in [0.1, 0.15) is 31.0 Å². The highest BCUT2D eigenvalue weighted by Crippen LogP contribution is 2.25. The number of hydrogen-bond acceptors (Lipinski definition) is 2. The molecule has 1 amide bonds. The fraction of sp³-hybridized carbons (Fsp3) is 0.400. The number of amides is 1. The standard InChI is InChI=1S/C20H25Cl2N5O/c1-3-23-20(25-13-16-11-17(21)19(22)26(16)2)24-12-14-6-8-15(9-7-14)27-10-4-5-18(27)28/h6-9,11H,3-5,10,12-13H2,1-2H3,(H2,23,24,25). The second-order valence-corrected chi connectivity index (χ2v) is 7.46. The second kappa shape index (κ2) is 9.34. The van der Waals surface area contributed by atoms with E-state index in [1.165, 1.54) is 0 Å². The summed E-state index contributed by atoms with van der Waals surface area (Å²) in [6.45, 7) is 4.69. The van der Waals surface area contributed by atoms with Crippen LogP contribution >= 0.6 is 23.2 Å². The minimum Gasteiger partial charge on any atom is -0.357 e. The Morgan fingerprint density at radius 3 is 2.54 bits per heavy atom. The third-order valence-corrected chi connectivity index (χ3v) is 5.58. The molecule has 1 aromatic heterocycles. The van der Waals surface area contributed by atoms with Crippen molar-refractivity contribution >= 4 is 40.8 Å². The molecule has 0 unspecified atom stereocenters. The topological polar surface area (TPSA) is 61.7 Å². The van der Waals surface area contributed by atoms with Gasteiger partial charge >= 0.3 is 0 Å². The summed E-state index contributed by atoms with van der Waals surface area (Å²) in [6, 6.07) is 9.86. The number of rotatable bonds is 6. The van der Waals surface area contributed by atoms with Gasteiger partial charge in [0.1, 0.15) is 5.15 Å². The van der Waals surface area contributed by atoms with Crippen molar-refractivity contribution in [1.82, 2.24) is 15.2 Å². The molecular weight excluding hydrogens is 397 g/mol. The van der Waals surface area contributed by atoms with E-state index in [-0.39, 0.29) is 5.91 Å². The fourth-order valence-electron chi connectivity index (χ4n) is 3.15. The van der Waals surface area contributed by atoms with Gasteiger partial charge in [0.05, 0.1) is 18.1 Å². The van der Waals surface area contributed by atoms with Gasteiger partial charge in [0.25, 0.3) is 0 Å². The average molecular weight is 422 g/mol. The van der Waals surface area contributed by atoms with E-state index < -0.39 is 0 Å². The number of aliphatic imine (C=N–C) groups is 1. The molecule has 3 rings (SSSR count). The lowest BCUT2D eigenvalue weighted by atomic mass is 10.2. The maximum absolute atomic E-state index is 11.9. The van der Waals surface area contributed by atoms with Crippen molar-refractivity contribution in [3.05, 3.63) is 51.8 Å². The quantitative estimate of drug-likeness (QED) is 0.551. The van der Waals surface area contributed by atoms with Crippen LogP contribution in [-0.2, 0) is 24.9 Å². The number of nitrogens with zero attached hydrogens (tertiary/aromatic N) is 3. The first kappa shape index (κ1) is 20.6. The molecule has 8 heteroatoms. The molecule has 6 nitrogen and oxygen atoms in total. The first-order valence-electron chi connectivity index (χ1n) is 9.40. The van der Waals surface area contributed by atoms with Gasteiger partial charge in [0, 0.05) is 37.9 Å². The summed E-state index contributed by atoms with van der Waals surface area (Å²) >= 11 is 12.2. The first-order chi connectivity index (χ1) is 13.5. The maximum atomic E-state index is 11.9. The van der Waals surface area contributed by atoms with Crippen LogP contribution in [-0.4, -0.2) is 29.5 Å². The summed E-state index contributed by atoms with van der Waals surface area (Å²) in [7, 11) is 1.88. The molecule has 1 saturated heterocycles. The average Bonchev–Trinajstić information content (AvgIpc) is 3.23. The Labute approximate surface area is 175 Å². The number of hydrogen-bond donors (Lipinski definition) is 2. The van der Waals surface area contributed by atoms with Crippen LogP contribution in [0, 0.1) is 0 Å². The zero-order valence-corrected chi connectivity index (χ0v) is 17.6. The first-order valence-corrected chi connectivity index (χ1v) is 10.2.